The maximum Gasteiger partial charge on any atom is 0.389 e. The molecule has 0 radical (unpaired) electrons. The lowest BCUT2D eigenvalue weighted by Crippen LogP contribution is -2.13. The van der Waals surface area contributed by atoms with E-state index in [-0.39, 0.29) is 12.2 Å². The van der Waals surface area contributed by atoms with Crippen LogP contribution in [-0.4, -0.2) is 16.1 Å². The minimum Gasteiger partial charge on any atom is -0.308 e. The molecule has 0 atom stereocenters. The summed E-state index contributed by atoms with van der Waals surface area (Å²) < 4.78 is 35.8. The van der Waals surface area contributed by atoms with Gasteiger partial charge in [0.25, 0.3) is 0 Å². The van der Waals surface area contributed by atoms with Crippen LogP contribution in [0, 0.1) is 6.92 Å². The lowest BCUT2D eigenvalue weighted by Gasteiger charge is -2.07. The third-order valence-corrected chi connectivity index (χ3v) is 1.68. The number of halogens is 3. The number of aromatic nitrogens is 2. The second-order valence-electron chi connectivity index (χ2n) is 3.07. The molecule has 84 valence electrons. The van der Waals surface area contributed by atoms with Gasteiger partial charge in [0, 0.05) is 18.2 Å². The van der Waals surface area contributed by atoms with Gasteiger partial charge in [0.15, 0.2) is 0 Å². The SMILES string of the molecule is Cc1cc(NN)nc(CCC(F)(F)F)n1. The molecule has 4 nitrogen and oxygen atoms in total. The van der Waals surface area contributed by atoms with Gasteiger partial charge in [-0.1, -0.05) is 0 Å². The minimum absolute atomic E-state index is 0.139. The van der Waals surface area contributed by atoms with Gasteiger partial charge in [-0.05, 0) is 6.92 Å². The topological polar surface area (TPSA) is 63.8 Å². The van der Waals surface area contributed by atoms with Crippen molar-refractivity contribution in [3.8, 4) is 0 Å². The van der Waals surface area contributed by atoms with Gasteiger partial charge in [0.2, 0.25) is 0 Å². The Kier molecular flexibility index (Phi) is 3.46. The van der Waals surface area contributed by atoms with Gasteiger partial charge in [0.05, 0.1) is 6.42 Å². The number of hydrogen-bond acceptors (Lipinski definition) is 4. The van der Waals surface area contributed by atoms with Gasteiger partial charge in [-0.15, -0.1) is 0 Å². The molecule has 0 saturated heterocycles. The average Bonchev–Trinajstić information content (AvgIpc) is 2.13. The standard InChI is InChI=1S/C8H11F3N4/c1-5-4-7(15-12)14-6(13-5)2-3-8(9,10)11/h4H,2-3,12H2,1H3,(H,13,14,15). The predicted molar refractivity (Wildman–Crippen MR) is 49.0 cm³/mol. The van der Waals surface area contributed by atoms with Gasteiger partial charge >= 0.3 is 6.18 Å². The Morgan fingerprint density at radius 3 is 2.60 bits per heavy atom. The summed E-state index contributed by atoms with van der Waals surface area (Å²) in [7, 11) is 0. The maximum atomic E-state index is 11.9. The van der Waals surface area contributed by atoms with Crippen molar-refractivity contribution in [1.82, 2.24) is 9.97 Å². The van der Waals surface area contributed by atoms with Gasteiger partial charge in [-0.25, -0.2) is 15.8 Å². The zero-order valence-corrected chi connectivity index (χ0v) is 8.10. The van der Waals surface area contributed by atoms with E-state index in [1.54, 1.807) is 13.0 Å². The molecule has 0 aliphatic rings. The summed E-state index contributed by atoms with van der Waals surface area (Å²) in [5, 5.41) is 0. The summed E-state index contributed by atoms with van der Waals surface area (Å²) in [5.41, 5.74) is 2.85. The van der Waals surface area contributed by atoms with Crippen LogP contribution in [0.1, 0.15) is 17.9 Å². The van der Waals surface area contributed by atoms with Crippen molar-refractivity contribution < 1.29 is 13.2 Å². The van der Waals surface area contributed by atoms with E-state index in [2.05, 4.69) is 15.4 Å². The maximum absolute atomic E-state index is 11.9. The third kappa shape index (κ3) is 4.11. The molecule has 0 aliphatic carbocycles. The minimum atomic E-state index is -4.19. The molecule has 1 aromatic rings. The van der Waals surface area contributed by atoms with Gasteiger partial charge in [-0.2, -0.15) is 13.2 Å². The van der Waals surface area contributed by atoms with E-state index < -0.39 is 12.6 Å². The Morgan fingerprint density at radius 1 is 1.40 bits per heavy atom. The fourth-order valence-electron chi connectivity index (χ4n) is 1.07. The van der Waals surface area contributed by atoms with E-state index in [4.69, 9.17) is 5.84 Å². The summed E-state index contributed by atoms with van der Waals surface area (Å²) >= 11 is 0. The van der Waals surface area contributed by atoms with E-state index in [1.165, 1.54) is 0 Å². The Hall–Kier alpha value is -1.37. The largest absolute Gasteiger partial charge is 0.389 e. The van der Waals surface area contributed by atoms with Crippen LogP contribution in [0.5, 0.6) is 0 Å². The Bertz CT molecular complexity index is 337. The van der Waals surface area contributed by atoms with Gasteiger partial charge < -0.3 is 5.43 Å². The summed E-state index contributed by atoms with van der Waals surface area (Å²) in [5.74, 6) is 5.57. The number of rotatable bonds is 3. The van der Waals surface area contributed by atoms with E-state index in [1.807, 2.05) is 0 Å². The molecule has 7 heteroatoms. The van der Waals surface area contributed by atoms with Crippen LogP contribution < -0.4 is 11.3 Å². The molecule has 1 heterocycles. The molecule has 0 aromatic carbocycles. The summed E-state index contributed by atoms with van der Waals surface area (Å²) in [6, 6.07) is 1.55. The molecular weight excluding hydrogens is 209 g/mol. The number of nitrogens with two attached hydrogens (primary N) is 1. The Labute approximate surface area is 84.7 Å². The fourth-order valence-corrected chi connectivity index (χ4v) is 1.07. The third-order valence-electron chi connectivity index (χ3n) is 1.68. The highest BCUT2D eigenvalue weighted by Gasteiger charge is 2.27. The monoisotopic (exact) mass is 220 g/mol. The van der Waals surface area contributed by atoms with Crippen molar-refractivity contribution in [3.05, 3.63) is 17.6 Å². The first kappa shape index (κ1) is 11.7. The van der Waals surface area contributed by atoms with Crippen LogP contribution in [0.4, 0.5) is 19.0 Å². The number of nitrogens with one attached hydrogen (secondary N) is 1. The first-order chi connectivity index (χ1) is 6.90. The van der Waals surface area contributed by atoms with E-state index in [9.17, 15) is 13.2 Å². The highest BCUT2D eigenvalue weighted by atomic mass is 19.4. The summed E-state index contributed by atoms with van der Waals surface area (Å²) in [6.07, 6.45) is -5.36. The first-order valence-electron chi connectivity index (χ1n) is 4.28. The lowest BCUT2D eigenvalue weighted by molar-refractivity contribution is -0.134. The average molecular weight is 220 g/mol. The second-order valence-corrected chi connectivity index (χ2v) is 3.07. The number of hydrazine groups is 1. The summed E-state index contributed by atoms with van der Waals surface area (Å²) in [6.45, 7) is 1.67. The number of anilines is 1. The summed E-state index contributed by atoms with van der Waals surface area (Å²) in [4.78, 5) is 7.69. The number of alkyl halides is 3. The first-order valence-corrected chi connectivity index (χ1v) is 4.28. The van der Waals surface area contributed by atoms with Crippen molar-refractivity contribution in [1.29, 1.82) is 0 Å². The second kappa shape index (κ2) is 4.43. The zero-order valence-electron chi connectivity index (χ0n) is 8.10. The molecule has 1 aromatic heterocycles. The van der Waals surface area contributed by atoms with Crippen LogP contribution in [0.25, 0.3) is 0 Å². The zero-order chi connectivity index (χ0) is 11.5. The molecule has 1 rings (SSSR count). The van der Waals surface area contributed by atoms with Crippen molar-refractivity contribution in [2.24, 2.45) is 5.84 Å². The van der Waals surface area contributed by atoms with E-state index in [0.29, 0.717) is 11.5 Å². The van der Waals surface area contributed by atoms with Crippen LogP contribution in [0.15, 0.2) is 6.07 Å². The van der Waals surface area contributed by atoms with Gasteiger partial charge in [0.1, 0.15) is 11.6 Å². The van der Waals surface area contributed by atoms with Crippen molar-refractivity contribution in [3.63, 3.8) is 0 Å². The van der Waals surface area contributed by atoms with Crippen molar-refractivity contribution in [2.75, 3.05) is 5.43 Å². The molecule has 3 N–H and O–H groups in total. The molecule has 15 heavy (non-hydrogen) atoms. The van der Waals surface area contributed by atoms with Gasteiger partial charge in [-0.3, -0.25) is 0 Å². The van der Waals surface area contributed by atoms with Crippen LogP contribution in [-0.2, 0) is 6.42 Å². The number of hydrogen-bond donors (Lipinski definition) is 2. The lowest BCUT2D eigenvalue weighted by atomic mass is 10.3. The quantitative estimate of drug-likeness (QED) is 0.599. The molecule has 0 aliphatic heterocycles. The molecule has 0 spiro atoms. The van der Waals surface area contributed by atoms with Crippen LogP contribution >= 0.6 is 0 Å². The number of nitrogens with zero attached hydrogens (tertiary/aromatic N) is 2. The van der Waals surface area contributed by atoms with E-state index >= 15 is 0 Å². The highest BCUT2D eigenvalue weighted by Crippen LogP contribution is 2.21. The molecule has 0 amide bonds. The smallest absolute Gasteiger partial charge is 0.308 e. The highest BCUT2D eigenvalue weighted by molar-refractivity contribution is 5.33. The van der Waals surface area contributed by atoms with Crippen LogP contribution in [0.3, 0.4) is 0 Å². The predicted octanol–water partition coefficient (Wildman–Crippen LogP) is 1.57. The van der Waals surface area contributed by atoms with Crippen molar-refractivity contribution >= 4 is 5.82 Å². The Balaban J connectivity index is 2.73. The normalized spacial score (nSPS) is 11.5. The molecule has 0 bridgehead atoms. The van der Waals surface area contributed by atoms with Crippen LogP contribution in [0.2, 0.25) is 0 Å². The molecular formula is C8H11F3N4. The number of nitrogen functional groups attached to an aromatic ring is 1. The Morgan fingerprint density at radius 2 is 2.07 bits per heavy atom. The van der Waals surface area contributed by atoms with E-state index in [0.717, 1.165) is 0 Å². The molecule has 0 saturated carbocycles. The van der Waals surface area contributed by atoms with Crippen molar-refractivity contribution in [2.45, 2.75) is 25.9 Å². The molecule has 0 unspecified atom stereocenters. The number of aryl methyl sites for hydroxylation is 2. The molecule has 0 fully saturated rings. The fraction of sp³-hybridized carbons (Fsp3) is 0.500.